The number of hydrogen-bond acceptors (Lipinski definition) is 2. The number of carbonyl (C=O) groups excluding carboxylic acids is 1. The van der Waals surface area contributed by atoms with E-state index in [0.29, 0.717) is 23.0 Å². The fraction of sp³-hybridized carbons (Fsp3) is 0.300. The van der Waals surface area contributed by atoms with Gasteiger partial charge in [-0.2, -0.15) is 0 Å². The minimum atomic E-state index is -0.733. The number of nitrogens with two attached hydrogens (primary N) is 1. The highest BCUT2D eigenvalue weighted by atomic mass is 79.9. The average molecular weight is 273 g/mol. The number of nitrogens with one attached hydrogen (secondary N) is 1. The third-order valence-corrected chi connectivity index (χ3v) is 3.06. The molecule has 0 unspecified atom stereocenters. The Balaban J connectivity index is 2.11. The first kappa shape index (κ1) is 10.6. The van der Waals surface area contributed by atoms with Crippen molar-refractivity contribution in [2.75, 3.05) is 5.32 Å². The molecule has 0 bridgehead atoms. The lowest BCUT2D eigenvalue weighted by atomic mass is 10.2. The molecule has 5 heteroatoms. The number of carbonyl (C=O) groups is 1. The second kappa shape index (κ2) is 3.57. The fourth-order valence-electron chi connectivity index (χ4n) is 1.19. The van der Waals surface area contributed by atoms with Crippen LogP contribution in [0.15, 0.2) is 22.7 Å². The predicted octanol–water partition coefficient (Wildman–Crippen LogP) is 2.02. The zero-order chi connectivity index (χ0) is 11.1. The summed E-state index contributed by atoms with van der Waals surface area (Å²) in [5.41, 5.74) is 5.39. The molecule has 0 radical (unpaired) electrons. The summed E-state index contributed by atoms with van der Waals surface area (Å²) in [4.78, 5) is 11.5. The SMILES string of the molecule is NC1(C(=O)Nc2ccc(Br)c(F)c2)CC1. The van der Waals surface area contributed by atoms with E-state index in [-0.39, 0.29) is 5.91 Å². The molecule has 1 aromatic carbocycles. The number of hydrogen-bond donors (Lipinski definition) is 2. The molecule has 1 aliphatic rings. The van der Waals surface area contributed by atoms with Crippen LogP contribution in [0.3, 0.4) is 0 Å². The molecule has 1 amide bonds. The highest BCUT2D eigenvalue weighted by Gasteiger charge is 2.45. The van der Waals surface area contributed by atoms with E-state index < -0.39 is 11.4 Å². The highest BCUT2D eigenvalue weighted by molar-refractivity contribution is 9.10. The van der Waals surface area contributed by atoms with Crippen molar-refractivity contribution in [3.8, 4) is 0 Å². The van der Waals surface area contributed by atoms with E-state index in [1.54, 1.807) is 12.1 Å². The van der Waals surface area contributed by atoms with Crippen molar-refractivity contribution >= 4 is 27.5 Å². The first-order valence-electron chi connectivity index (χ1n) is 4.57. The number of anilines is 1. The van der Waals surface area contributed by atoms with Gasteiger partial charge in [-0.3, -0.25) is 4.79 Å². The summed E-state index contributed by atoms with van der Waals surface area (Å²) in [6.07, 6.45) is 1.38. The molecule has 3 N–H and O–H groups in total. The quantitative estimate of drug-likeness (QED) is 0.866. The Kier molecular flexibility index (Phi) is 2.52. The van der Waals surface area contributed by atoms with E-state index in [1.807, 2.05) is 0 Å². The Labute approximate surface area is 95.0 Å². The van der Waals surface area contributed by atoms with Crippen molar-refractivity contribution in [2.24, 2.45) is 5.73 Å². The van der Waals surface area contributed by atoms with Gasteiger partial charge in [0.15, 0.2) is 0 Å². The van der Waals surface area contributed by atoms with Crippen LogP contribution in [0, 0.1) is 5.82 Å². The molecule has 0 heterocycles. The molecule has 3 nitrogen and oxygen atoms in total. The van der Waals surface area contributed by atoms with Crippen LogP contribution in [-0.4, -0.2) is 11.4 Å². The first-order valence-corrected chi connectivity index (χ1v) is 5.36. The Morgan fingerprint density at radius 2 is 2.20 bits per heavy atom. The van der Waals surface area contributed by atoms with E-state index in [1.165, 1.54) is 6.07 Å². The van der Waals surface area contributed by atoms with Crippen molar-refractivity contribution in [1.82, 2.24) is 0 Å². The second-order valence-corrected chi connectivity index (χ2v) is 4.59. The summed E-state index contributed by atoms with van der Waals surface area (Å²) in [7, 11) is 0. The van der Waals surface area contributed by atoms with Crippen molar-refractivity contribution in [3.05, 3.63) is 28.5 Å². The minimum Gasteiger partial charge on any atom is -0.324 e. The maximum Gasteiger partial charge on any atom is 0.244 e. The van der Waals surface area contributed by atoms with Crippen LogP contribution < -0.4 is 11.1 Å². The number of benzene rings is 1. The summed E-state index contributed by atoms with van der Waals surface area (Å²) >= 11 is 3.04. The lowest BCUT2D eigenvalue weighted by Gasteiger charge is -2.10. The van der Waals surface area contributed by atoms with Crippen LogP contribution in [0.25, 0.3) is 0 Å². The van der Waals surface area contributed by atoms with Crippen molar-refractivity contribution in [3.63, 3.8) is 0 Å². The van der Waals surface area contributed by atoms with Gasteiger partial charge >= 0.3 is 0 Å². The van der Waals surface area contributed by atoms with E-state index in [9.17, 15) is 9.18 Å². The monoisotopic (exact) mass is 272 g/mol. The van der Waals surface area contributed by atoms with Crippen LogP contribution in [-0.2, 0) is 4.79 Å². The fourth-order valence-corrected chi connectivity index (χ4v) is 1.44. The molecular weight excluding hydrogens is 263 g/mol. The molecule has 0 spiro atoms. The molecular formula is C10H10BrFN2O. The van der Waals surface area contributed by atoms with Crippen LogP contribution >= 0.6 is 15.9 Å². The van der Waals surface area contributed by atoms with E-state index >= 15 is 0 Å². The summed E-state index contributed by atoms with van der Waals surface area (Å²) in [6.45, 7) is 0. The van der Waals surface area contributed by atoms with E-state index in [0.717, 1.165) is 0 Å². The number of halogens is 2. The minimum absolute atomic E-state index is 0.246. The standard InChI is InChI=1S/C10H10BrFN2O/c11-7-2-1-6(5-8(7)12)14-9(15)10(13)3-4-10/h1-2,5H,3-4,13H2,(H,14,15). The molecule has 1 fully saturated rings. The molecule has 15 heavy (non-hydrogen) atoms. The molecule has 0 aromatic heterocycles. The Morgan fingerprint density at radius 3 is 2.73 bits per heavy atom. The maximum absolute atomic E-state index is 13.1. The van der Waals surface area contributed by atoms with Gasteiger partial charge in [-0.25, -0.2) is 4.39 Å². The highest BCUT2D eigenvalue weighted by Crippen LogP contribution is 2.33. The largest absolute Gasteiger partial charge is 0.324 e. The average Bonchev–Trinajstić information content (AvgIpc) is 2.92. The molecule has 1 saturated carbocycles. The van der Waals surface area contributed by atoms with E-state index in [2.05, 4.69) is 21.2 Å². The number of amides is 1. The zero-order valence-corrected chi connectivity index (χ0v) is 9.47. The predicted molar refractivity (Wildman–Crippen MR) is 58.9 cm³/mol. The Hall–Kier alpha value is -0.940. The smallest absolute Gasteiger partial charge is 0.244 e. The lowest BCUT2D eigenvalue weighted by molar-refractivity contribution is -0.118. The number of rotatable bonds is 2. The van der Waals surface area contributed by atoms with Crippen LogP contribution in [0.1, 0.15) is 12.8 Å². The molecule has 80 valence electrons. The van der Waals surface area contributed by atoms with Gasteiger partial charge in [0.1, 0.15) is 5.82 Å². The van der Waals surface area contributed by atoms with Gasteiger partial charge in [0, 0.05) is 5.69 Å². The summed E-state index contributed by atoms with van der Waals surface area (Å²) < 4.78 is 13.5. The zero-order valence-electron chi connectivity index (χ0n) is 7.89. The van der Waals surface area contributed by atoms with Crippen molar-refractivity contribution < 1.29 is 9.18 Å². The molecule has 0 aliphatic heterocycles. The van der Waals surface area contributed by atoms with Gasteiger partial charge in [0.05, 0.1) is 10.0 Å². The van der Waals surface area contributed by atoms with Gasteiger partial charge < -0.3 is 11.1 Å². The van der Waals surface area contributed by atoms with Gasteiger partial charge in [-0.15, -0.1) is 0 Å². The van der Waals surface area contributed by atoms with Crippen LogP contribution in [0.5, 0.6) is 0 Å². The molecule has 1 aromatic rings. The van der Waals surface area contributed by atoms with Gasteiger partial charge in [-0.05, 0) is 47.0 Å². The van der Waals surface area contributed by atoms with Gasteiger partial charge in [-0.1, -0.05) is 0 Å². The summed E-state index contributed by atoms with van der Waals surface area (Å²) in [5, 5.41) is 2.59. The first-order chi connectivity index (χ1) is 7.01. The summed E-state index contributed by atoms with van der Waals surface area (Å²) in [5.74, 6) is -0.654. The second-order valence-electron chi connectivity index (χ2n) is 3.74. The third-order valence-electron chi connectivity index (χ3n) is 2.42. The van der Waals surface area contributed by atoms with E-state index in [4.69, 9.17) is 5.73 Å². The Bertz CT molecular complexity index is 418. The van der Waals surface area contributed by atoms with Gasteiger partial charge in [0.25, 0.3) is 0 Å². The lowest BCUT2D eigenvalue weighted by Crippen LogP contribution is -2.37. The third kappa shape index (κ3) is 2.18. The maximum atomic E-state index is 13.1. The van der Waals surface area contributed by atoms with Crippen LogP contribution in [0.2, 0.25) is 0 Å². The summed E-state index contributed by atoms with van der Waals surface area (Å²) in [6, 6.07) is 4.42. The molecule has 0 atom stereocenters. The van der Waals surface area contributed by atoms with Crippen molar-refractivity contribution in [1.29, 1.82) is 0 Å². The molecule has 0 saturated heterocycles. The topological polar surface area (TPSA) is 55.1 Å². The molecule has 1 aliphatic carbocycles. The van der Waals surface area contributed by atoms with Gasteiger partial charge in [0.2, 0.25) is 5.91 Å². The van der Waals surface area contributed by atoms with Crippen molar-refractivity contribution in [2.45, 2.75) is 18.4 Å². The Morgan fingerprint density at radius 1 is 1.53 bits per heavy atom. The van der Waals surface area contributed by atoms with Crippen LogP contribution in [0.4, 0.5) is 10.1 Å². The molecule has 2 rings (SSSR count). The normalized spacial score (nSPS) is 17.3.